The van der Waals surface area contributed by atoms with Crippen molar-refractivity contribution in [3.63, 3.8) is 0 Å². The zero-order valence-electron chi connectivity index (χ0n) is 11.5. The predicted octanol–water partition coefficient (Wildman–Crippen LogP) is 3.19. The minimum absolute atomic E-state index is 0.175. The van der Waals surface area contributed by atoms with Gasteiger partial charge in [-0.1, -0.05) is 0 Å². The van der Waals surface area contributed by atoms with Crippen LogP contribution in [0, 0.1) is 0 Å². The molecule has 108 valence electrons. The van der Waals surface area contributed by atoms with E-state index in [0.29, 0.717) is 16.1 Å². The molecule has 0 aliphatic carbocycles. The molecule has 1 N–H and O–H groups in total. The summed E-state index contributed by atoms with van der Waals surface area (Å²) >= 11 is 6.03. The molecule has 2 nitrogen and oxygen atoms in total. The molecular formula is C17H15ClO2Se. The van der Waals surface area contributed by atoms with E-state index >= 15 is 0 Å². The Labute approximate surface area is 135 Å². The first-order valence-corrected chi connectivity index (χ1v) is 9.29. The molecule has 0 heterocycles. The summed E-state index contributed by atoms with van der Waals surface area (Å²) in [5, 5.41) is 10.9. The molecule has 0 aliphatic heterocycles. The van der Waals surface area contributed by atoms with Gasteiger partial charge in [0.05, 0.1) is 0 Å². The molecule has 2 aromatic carbocycles. The zero-order valence-corrected chi connectivity index (χ0v) is 14.0. The topological polar surface area (TPSA) is 37.3 Å². The van der Waals surface area contributed by atoms with Gasteiger partial charge in [-0.3, -0.25) is 0 Å². The molecule has 21 heavy (non-hydrogen) atoms. The molecule has 0 fully saturated rings. The molecule has 0 aromatic heterocycles. The van der Waals surface area contributed by atoms with E-state index < -0.39 is 6.10 Å². The number of aliphatic hydroxyl groups excluding tert-OH is 1. The molecule has 2 rings (SSSR count). The van der Waals surface area contributed by atoms with Crippen molar-refractivity contribution in [3.8, 4) is 0 Å². The van der Waals surface area contributed by atoms with Crippen molar-refractivity contribution < 1.29 is 9.90 Å². The molecule has 0 spiro atoms. The summed E-state index contributed by atoms with van der Waals surface area (Å²) in [7, 11) is 0. The first kappa shape index (κ1) is 16.0. The molecule has 0 saturated carbocycles. The molecular weight excluding hydrogens is 351 g/mol. The van der Waals surface area contributed by atoms with Crippen LogP contribution < -0.4 is 4.46 Å². The van der Waals surface area contributed by atoms with Crippen LogP contribution >= 0.6 is 11.6 Å². The summed E-state index contributed by atoms with van der Waals surface area (Å²) in [4.78, 5) is 12.5. The zero-order chi connectivity index (χ0) is 15.4. The van der Waals surface area contributed by atoms with Crippen LogP contribution in [0.5, 0.6) is 0 Å². The van der Waals surface area contributed by atoms with Crippen LogP contribution in [0.25, 0.3) is 0 Å². The van der Waals surface area contributed by atoms with Gasteiger partial charge in [-0.15, -0.1) is 0 Å². The fourth-order valence-corrected chi connectivity index (χ4v) is 3.35. The molecule has 0 amide bonds. The Hall–Kier alpha value is -1.38. The van der Waals surface area contributed by atoms with Crippen molar-refractivity contribution in [1.82, 2.24) is 0 Å². The summed E-state index contributed by atoms with van der Waals surface area (Å²) in [6.45, 7) is 3.78. The van der Waals surface area contributed by atoms with Gasteiger partial charge in [-0.25, -0.2) is 0 Å². The van der Waals surface area contributed by atoms with Crippen molar-refractivity contribution in [2.45, 2.75) is 11.9 Å². The number of rotatable bonds is 5. The van der Waals surface area contributed by atoms with Crippen LogP contribution in [0.3, 0.4) is 0 Å². The van der Waals surface area contributed by atoms with E-state index in [2.05, 4.69) is 12.4 Å². The summed E-state index contributed by atoms with van der Waals surface area (Å²) in [6.07, 6.45) is -1.02. The minimum atomic E-state index is -1.02. The fourth-order valence-electron chi connectivity index (χ4n) is 1.98. The first-order chi connectivity index (χ1) is 10.0. The van der Waals surface area contributed by atoms with Gasteiger partial charge in [0.15, 0.2) is 0 Å². The Morgan fingerprint density at radius 2 is 1.81 bits per heavy atom. The second-order valence-corrected chi connectivity index (χ2v) is 6.72. The average molecular weight is 366 g/mol. The molecule has 2 aromatic rings. The Morgan fingerprint density at radius 1 is 1.19 bits per heavy atom. The molecule has 0 radical (unpaired) electrons. The van der Waals surface area contributed by atoms with Crippen molar-refractivity contribution in [1.29, 1.82) is 0 Å². The third kappa shape index (κ3) is 3.63. The SMILES string of the molecule is C=C(C(=O)c1ccccc1[Se]C)C(O)c1ccc(Cl)cc1. The quantitative estimate of drug-likeness (QED) is 0.502. The van der Waals surface area contributed by atoms with Crippen molar-refractivity contribution >= 4 is 36.8 Å². The number of carbonyl (C=O) groups is 1. The number of Topliss-reactive ketones (excluding diaryl/α,β-unsaturated/α-hetero) is 1. The number of carbonyl (C=O) groups excluding carboxylic acids is 1. The van der Waals surface area contributed by atoms with Crippen LogP contribution in [0.2, 0.25) is 10.8 Å². The average Bonchev–Trinajstić information content (AvgIpc) is 2.53. The van der Waals surface area contributed by atoms with E-state index in [4.69, 9.17) is 11.6 Å². The second-order valence-electron chi connectivity index (χ2n) is 4.51. The fraction of sp³-hybridized carbons (Fsp3) is 0.118. The molecule has 0 bridgehead atoms. The van der Waals surface area contributed by atoms with Gasteiger partial charge >= 0.3 is 135 Å². The number of benzene rings is 2. The number of aliphatic hydroxyl groups is 1. The Morgan fingerprint density at radius 3 is 2.43 bits per heavy atom. The third-order valence-corrected chi connectivity index (χ3v) is 5.08. The molecule has 0 saturated heterocycles. The monoisotopic (exact) mass is 366 g/mol. The third-order valence-electron chi connectivity index (χ3n) is 3.16. The van der Waals surface area contributed by atoms with Crippen molar-refractivity contribution in [2.75, 3.05) is 0 Å². The predicted molar refractivity (Wildman–Crippen MR) is 87.6 cm³/mol. The van der Waals surface area contributed by atoms with Crippen LogP contribution in [0.4, 0.5) is 0 Å². The molecule has 1 atom stereocenters. The van der Waals surface area contributed by atoms with Gasteiger partial charge in [0, 0.05) is 0 Å². The van der Waals surface area contributed by atoms with E-state index in [-0.39, 0.29) is 26.3 Å². The van der Waals surface area contributed by atoms with Crippen LogP contribution in [0.1, 0.15) is 22.0 Å². The van der Waals surface area contributed by atoms with Crippen LogP contribution in [-0.2, 0) is 0 Å². The van der Waals surface area contributed by atoms with E-state index in [1.165, 1.54) is 0 Å². The Balaban J connectivity index is 2.26. The number of halogens is 1. The van der Waals surface area contributed by atoms with Crippen LogP contribution in [0.15, 0.2) is 60.7 Å². The van der Waals surface area contributed by atoms with Gasteiger partial charge in [0.1, 0.15) is 0 Å². The number of hydrogen-bond acceptors (Lipinski definition) is 2. The van der Waals surface area contributed by atoms with E-state index in [0.717, 1.165) is 4.46 Å². The normalized spacial score (nSPS) is 12.0. The van der Waals surface area contributed by atoms with Crippen molar-refractivity contribution in [2.24, 2.45) is 0 Å². The van der Waals surface area contributed by atoms with Gasteiger partial charge < -0.3 is 0 Å². The van der Waals surface area contributed by atoms with Gasteiger partial charge in [0.25, 0.3) is 0 Å². The maximum atomic E-state index is 12.5. The molecule has 4 heteroatoms. The van der Waals surface area contributed by atoms with Gasteiger partial charge in [-0.05, 0) is 0 Å². The van der Waals surface area contributed by atoms with E-state index in [9.17, 15) is 9.90 Å². The summed E-state index contributed by atoms with van der Waals surface area (Å²) in [6, 6.07) is 14.2. The van der Waals surface area contributed by atoms with E-state index in [1.807, 2.05) is 18.2 Å². The van der Waals surface area contributed by atoms with E-state index in [1.54, 1.807) is 30.3 Å². The van der Waals surface area contributed by atoms with Gasteiger partial charge in [0.2, 0.25) is 0 Å². The first-order valence-electron chi connectivity index (χ1n) is 6.34. The summed E-state index contributed by atoms with van der Waals surface area (Å²) < 4.78 is 1.01. The van der Waals surface area contributed by atoms with Crippen molar-refractivity contribution in [3.05, 3.63) is 76.8 Å². The van der Waals surface area contributed by atoms with Gasteiger partial charge in [-0.2, -0.15) is 0 Å². The number of ketones is 1. The maximum absolute atomic E-state index is 12.5. The Kier molecular flexibility index (Phi) is 5.38. The number of hydrogen-bond donors (Lipinski definition) is 1. The second kappa shape index (κ2) is 7.06. The van der Waals surface area contributed by atoms with Crippen LogP contribution in [-0.4, -0.2) is 25.8 Å². The Bertz CT molecular complexity index is 665. The molecule has 0 aliphatic rings. The summed E-state index contributed by atoms with van der Waals surface area (Å²) in [5.74, 6) is 1.84. The molecule has 1 unspecified atom stereocenters. The summed E-state index contributed by atoms with van der Waals surface area (Å²) in [5.41, 5.74) is 1.41. The standard InChI is InChI=1S/C17H15ClO2Se/c1-11(16(19)12-7-9-13(18)10-8-12)17(20)14-5-3-4-6-15(14)21-2/h3-10,16,19H,1H2,2H3.